The maximum absolute atomic E-state index is 5.50. The smallest absolute Gasteiger partial charge is 0.00951 e. The van der Waals surface area contributed by atoms with Crippen LogP contribution in [0.3, 0.4) is 0 Å². The summed E-state index contributed by atoms with van der Waals surface area (Å²) < 4.78 is 0. The van der Waals surface area contributed by atoms with E-state index in [4.69, 9.17) is 5.73 Å². The molecule has 72 valence electrons. The standard InChI is InChI=1S/C10H22N2/c1-2-12(9-5-8-11)10-6-3-4-7-10/h10H,2-9,11H2,1H3. The molecule has 0 atom stereocenters. The lowest BCUT2D eigenvalue weighted by Crippen LogP contribution is -2.34. The van der Waals surface area contributed by atoms with E-state index in [1.165, 1.54) is 38.8 Å². The van der Waals surface area contributed by atoms with Crippen LogP contribution in [0.15, 0.2) is 0 Å². The highest BCUT2D eigenvalue weighted by atomic mass is 15.1. The Labute approximate surface area is 76.1 Å². The SMILES string of the molecule is CCN(CCCN)C1CCCC1. The van der Waals surface area contributed by atoms with Crippen molar-refractivity contribution in [2.75, 3.05) is 19.6 Å². The van der Waals surface area contributed by atoms with Gasteiger partial charge in [0, 0.05) is 6.04 Å². The van der Waals surface area contributed by atoms with Gasteiger partial charge in [0.2, 0.25) is 0 Å². The molecular formula is C10H22N2. The summed E-state index contributed by atoms with van der Waals surface area (Å²) in [7, 11) is 0. The highest BCUT2D eigenvalue weighted by Gasteiger charge is 2.20. The van der Waals surface area contributed by atoms with Gasteiger partial charge in [-0.05, 0) is 38.9 Å². The molecule has 0 aromatic rings. The molecule has 0 spiro atoms. The first-order chi connectivity index (χ1) is 5.88. The van der Waals surface area contributed by atoms with Gasteiger partial charge in [0.25, 0.3) is 0 Å². The molecule has 0 saturated heterocycles. The van der Waals surface area contributed by atoms with Gasteiger partial charge < -0.3 is 10.6 Å². The fraction of sp³-hybridized carbons (Fsp3) is 1.00. The van der Waals surface area contributed by atoms with Crippen molar-refractivity contribution in [1.29, 1.82) is 0 Å². The number of rotatable bonds is 5. The highest BCUT2D eigenvalue weighted by molar-refractivity contribution is 4.76. The van der Waals surface area contributed by atoms with Crippen LogP contribution in [0.5, 0.6) is 0 Å². The molecule has 2 N–H and O–H groups in total. The fourth-order valence-corrected chi connectivity index (χ4v) is 2.16. The lowest BCUT2D eigenvalue weighted by atomic mass is 10.2. The van der Waals surface area contributed by atoms with Gasteiger partial charge in [0.15, 0.2) is 0 Å². The zero-order valence-corrected chi connectivity index (χ0v) is 8.26. The molecular weight excluding hydrogens is 148 g/mol. The van der Waals surface area contributed by atoms with Crippen molar-refractivity contribution in [3.05, 3.63) is 0 Å². The molecule has 0 aliphatic heterocycles. The second-order valence-corrected chi connectivity index (χ2v) is 3.71. The van der Waals surface area contributed by atoms with E-state index in [0.717, 1.165) is 19.0 Å². The van der Waals surface area contributed by atoms with Gasteiger partial charge >= 0.3 is 0 Å². The van der Waals surface area contributed by atoms with E-state index in [0.29, 0.717) is 0 Å². The first kappa shape index (κ1) is 10.0. The minimum atomic E-state index is 0.837. The van der Waals surface area contributed by atoms with Crippen LogP contribution < -0.4 is 5.73 Å². The third kappa shape index (κ3) is 2.76. The summed E-state index contributed by atoms with van der Waals surface area (Å²) in [6, 6.07) is 0.876. The molecule has 0 amide bonds. The Morgan fingerprint density at radius 1 is 1.33 bits per heavy atom. The van der Waals surface area contributed by atoms with Crippen LogP contribution in [0.2, 0.25) is 0 Å². The molecule has 0 aromatic carbocycles. The first-order valence-corrected chi connectivity index (χ1v) is 5.32. The molecule has 0 bridgehead atoms. The normalized spacial score (nSPS) is 19.2. The van der Waals surface area contributed by atoms with Crippen LogP contribution in [-0.2, 0) is 0 Å². The predicted octanol–water partition coefficient (Wildman–Crippen LogP) is 1.60. The van der Waals surface area contributed by atoms with E-state index >= 15 is 0 Å². The highest BCUT2D eigenvalue weighted by Crippen LogP contribution is 2.23. The lowest BCUT2D eigenvalue weighted by Gasteiger charge is -2.26. The Morgan fingerprint density at radius 2 is 2.00 bits per heavy atom. The molecule has 0 aromatic heterocycles. The topological polar surface area (TPSA) is 29.3 Å². The predicted molar refractivity (Wildman–Crippen MR) is 53.2 cm³/mol. The third-order valence-electron chi connectivity index (χ3n) is 2.90. The van der Waals surface area contributed by atoms with Crippen LogP contribution in [0.1, 0.15) is 39.0 Å². The van der Waals surface area contributed by atoms with Crippen molar-refractivity contribution in [2.24, 2.45) is 5.73 Å². The monoisotopic (exact) mass is 170 g/mol. The first-order valence-electron chi connectivity index (χ1n) is 5.32. The largest absolute Gasteiger partial charge is 0.330 e. The molecule has 1 fully saturated rings. The second-order valence-electron chi connectivity index (χ2n) is 3.71. The van der Waals surface area contributed by atoms with Crippen LogP contribution in [-0.4, -0.2) is 30.6 Å². The molecule has 2 heteroatoms. The van der Waals surface area contributed by atoms with Crippen molar-refractivity contribution in [1.82, 2.24) is 4.90 Å². The summed E-state index contributed by atoms with van der Waals surface area (Å²) in [5.74, 6) is 0. The quantitative estimate of drug-likeness (QED) is 0.679. The van der Waals surface area contributed by atoms with E-state index in [2.05, 4.69) is 11.8 Å². The van der Waals surface area contributed by atoms with Gasteiger partial charge in [0.1, 0.15) is 0 Å². The number of nitrogens with two attached hydrogens (primary N) is 1. The maximum Gasteiger partial charge on any atom is 0.00951 e. The lowest BCUT2D eigenvalue weighted by molar-refractivity contribution is 0.208. The van der Waals surface area contributed by atoms with Crippen LogP contribution in [0, 0.1) is 0 Å². The molecule has 2 nitrogen and oxygen atoms in total. The van der Waals surface area contributed by atoms with Crippen LogP contribution in [0.4, 0.5) is 0 Å². The number of nitrogens with zero attached hydrogens (tertiary/aromatic N) is 1. The summed E-state index contributed by atoms with van der Waals surface area (Å²) in [6.07, 6.45) is 6.86. The Hall–Kier alpha value is -0.0800. The molecule has 0 heterocycles. The second kappa shape index (κ2) is 5.55. The van der Waals surface area contributed by atoms with E-state index in [-0.39, 0.29) is 0 Å². The third-order valence-corrected chi connectivity index (χ3v) is 2.90. The molecule has 1 aliphatic rings. The van der Waals surface area contributed by atoms with E-state index < -0.39 is 0 Å². The average molecular weight is 170 g/mol. The molecule has 1 aliphatic carbocycles. The Balaban J connectivity index is 2.22. The van der Waals surface area contributed by atoms with Gasteiger partial charge in [-0.15, -0.1) is 0 Å². The van der Waals surface area contributed by atoms with Crippen LogP contribution >= 0.6 is 0 Å². The van der Waals surface area contributed by atoms with Gasteiger partial charge in [-0.25, -0.2) is 0 Å². The minimum absolute atomic E-state index is 0.837. The molecule has 0 radical (unpaired) electrons. The number of hydrogen-bond acceptors (Lipinski definition) is 2. The van der Waals surface area contributed by atoms with Crippen molar-refractivity contribution in [3.63, 3.8) is 0 Å². The molecule has 0 unspecified atom stereocenters. The van der Waals surface area contributed by atoms with Crippen molar-refractivity contribution in [3.8, 4) is 0 Å². The Kier molecular flexibility index (Phi) is 4.62. The summed E-state index contributed by atoms with van der Waals surface area (Å²) in [4.78, 5) is 2.60. The van der Waals surface area contributed by atoms with Gasteiger partial charge in [-0.3, -0.25) is 0 Å². The van der Waals surface area contributed by atoms with E-state index in [1.807, 2.05) is 0 Å². The maximum atomic E-state index is 5.50. The summed E-state index contributed by atoms with van der Waals surface area (Å²) in [5, 5.41) is 0. The van der Waals surface area contributed by atoms with Crippen molar-refractivity contribution >= 4 is 0 Å². The molecule has 1 rings (SSSR count). The Bertz CT molecular complexity index is 108. The zero-order valence-electron chi connectivity index (χ0n) is 8.26. The summed E-state index contributed by atoms with van der Waals surface area (Å²) in [5.41, 5.74) is 5.50. The Morgan fingerprint density at radius 3 is 2.50 bits per heavy atom. The molecule has 1 saturated carbocycles. The van der Waals surface area contributed by atoms with Crippen LogP contribution in [0.25, 0.3) is 0 Å². The van der Waals surface area contributed by atoms with E-state index in [1.54, 1.807) is 0 Å². The summed E-state index contributed by atoms with van der Waals surface area (Å²) >= 11 is 0. The van der Waals surface area contributed by atoms with Gasteiger partial charge in [0.05, 0.1) is 0 Å². The minimum Gasteiger partial charge on any atom is -0.330 e. The molecule has 12 heavy (non-hydrogen) atoms. The average Bonchev–Trinajstić information content (AvgIpc) is 2.59. The fourth-order valence-electron chi connectivity index (χ4n) is 2.16. The summed E-state index contributed by atoms with van der Waals surface area (Å²) in [6.45, 7) is 5.50. The van der Waals surface area contributed by atoms with Crippen molar-refractivity contribution < 1.29 is 0 Å². The number of hydrogen-bond donors (Lipinski definition) is 1. The van der Waals surface area contributed by atoms with Gasteiger partial charge in [-0.1, -0.05) is 19.8 Å². The van der Waals surface area contributed by atoms with Crippen molar-refractivity contribution in [2.45, 2.75) is 45.1 Å². The zero-order chi connectivity index (χ0) is 8.81. The van der Waals surface area contributed by atoms with E-state index in [9.17, 15) is 0 Å². The van der Waals surface area contributed by atoms with Gasteiger partial charge in [-0.2, -0.15) is 0 Å².